The van der Waals surface area contributed by atoms with Gasteiger partial charge in [-0.3, -0.25) is 0 Å². The van der Waals surface area contributed by atoms with Crippen LogP contribution in [0.15, 0.2) is 47.4 Å². The van der Waals surface area contributed by atoms with Gasteiger partial charge in [-0.25, -0.2) is 0 Å². The van der Waals surface area contributed by atoms with Crippen LogP contribution in [-0.2, 0) is 5.75 Å². The summed E-state index contributed by atoms with van der Waals surface area (Å²) >= 11 is 1.65. The molecule has 2 aromatic rings. The van der Waals surface area contributed by atoms with Crippen molar-refractivity contribution in [2.75, 3.05) is 7.11 Å². The molecule has 108 valence electrons. The number of aliphatic hydroxyl groups is 1. The fraction of sp³-hybridized carbons (Fsp3) is 0.235. The summed E-state index contributed by atoms with van der Waals surface area (Å²) in [5.41, 5.74) is 2.52. The first kappa shape index (κ1) is 15.4. The van der Waals surface area contributed by atoms with Crippen LogP contribution in [-0.4, -0.2) is 12.2 Å². The van der Waals surface area contributed by atoms with Crippen molar-refractivity contribution in [3.8, 4) is 11.8 Å². The second-order valence-electron chi connectivity index (χ2n) is 4.68. The Morgan fingerprint density at radius 2 is 2.10 bits per heavy atom. The number of methoxy groups -OCH3 is 1. The molecule has 0 bridgehead atoms. The van der Waals surface area contributed by atoms with Crippen LogP contribution >= 0.6 is 11.8 Å². The lowest BCUT2D eigenvalue weighted by atomic mass is 10.1. The predicted octanol–water partition coefficient (Wildman–Crippen LogP) is 3.91. The molecule has 0 saturated heterocycles. The first-order chi connectivity index (χ1) is 10.1. The van der Waals surface area contributed by atoms with Gasteiger partial charge >= 0.3 is 0 Å². The molecular weight excluding hydrogens is 282 g/mol. The van der Waals surface area contributed by atoms with Gasteiger partial charge in [-0.05, 0) is 42.8 Å². The molecule has 0 fully saturated rings. The number of hydrogen-bond acceptors (Lipinski definition) is 4. The summed E-state index contributed by atoms with van der Waals surface area (Å²) in [6.07, 6.45) is -0.470. The highest BCUT2D eigenvalue weighted by atomic mass is 32.2. The van der Waals surface area contributed by atoms with Gasteiger partial charge in [-0.15, -0.1) is 11.8 Å². The van der Waals surface area contributed by atoms with E-state index in [4.69, 9.17) is 10.00 Å². The molecule has 2 aromatic carbocycles. The van der Waals surface area contributed by atoms with Crippen molar-refractivity contribution in [1.29, 1.82) is 5.26 Å². The Morgan fingerprint density at radius 3 is 2.76 bits per heavy atom. The Hall–Kier alpha value is -1.96. The highest BCUT2D eigenvalue weighted by molar-refractivity contribution is 7.98. The van der Waals surface area contributed by atoms with Crippen molar-refractivity contribution >= 4 is 11.8 Å². The van der Waals surface area contributed by atoms with Gasteiger partial charge in [0.25, 0.3) is 0 Å². The van der Waals surface area contributed by atoms with Crippen LogP contribution in [0.2, 0.25) is 0 Å². The lowest BCUT2D eigenvalue weighted by Crippen LogP contribution is -1.93. The molecular formula is C17H17NO2S. The van der Waals surface area contributed by atoms with Gasteiger partial charge < -0.3 is 9.84 Å². The Labute approximate surface area is 129 Å². The van der Waals surface area contributed by atoms with Crippen LogP contribution in [0.3, 0.4) is 0 Å². The zero-order chi connectivity index (χ0) is 15.2. The van der Waals surface area contributed by atoms with Gasteiger partial charge in [0.2, 0.25) is 0 Å². The van der Waals surface area contributed by atoms with Gasteiger partial charge in [0.1, 0.15) is 5.75 Å². The number of hydrogen-bond donors (Lipinski definition) is 1. The second-order valence-corrected chi connectivity index (χ2v) is 5.72. The molecule has 0 aliphatic rings. The molecule has 1 atom stereocenters. The summed E-state index contributed by atoms with van der Waals surface area (Å²) in [5, 5.41) is 18.6. The van der Waals surface area contributed by atoms with E-state index in [2.05, 4.69) is 6.07 Å². The maximum atomic E-state index is 9.62. The first-order valence-corrected chi connectivity index (χ1v) is 7.60. The molecule has 4 heteroatoms. The normalized spacial score (nSPS) is 11.7. The summed E-state index contributed by atoms with van der Waals surface area (Å²) in [4.78, 5) is 1.08. The first-order valence-electron chi connectivity index (χ1n) is 6.62. The third-order valence-corrected chi connectivity index (χ3v) is 4.19. The fourth-order valence-corrected chi connectivity index (χ4v) is 2.93. The molecule has 1 N–H and O–H groups in total. The summed E-state index contributed by atoms with van der Waals surface area (Å²) in [6, 6.07) is 15.4. The maximum Gasteiger partial charge on any atom is 0.122 e. The second kappa shape index (κ2) is 7.16. The van der Waals surface area contributed by atoms with Crippen LogP contribution in [0.5, 0.6) is 5.75 Å². The van der Waals surface area contributed by atoms with Crippen molar-refractivity contribution in [3.05, 3.63) is 59.2 Å². The molecule has 0 radical (unpaired) electrons. The molecule has 3 nitrogen and oxygen atoms in total. The van der Waals surface area contributed by atoms with E-state index in [0.29, 0.717) is 11.3 Å². The number of ether oxygens (including phenoxy) is 1. The van der Waals surface area contributed by atoms with Crippen molar-refractivity contribution in [3.63, 3.8) is 0 Å². The van der Waals surface area contributed by atoms with Crippen LogP contribution in [0.1, 0.15) is 29.7 Å². The van der Waals surface area contributed by atoms with E-state index in [0.717, 1.165) is 21.8 Å². The zero-order valence-electron chi connectivity index (χ0n) is 12.0. The van der Waals surface area contributed by atoms with E-state index in [1.807, 2.05) is 36.4 Å². The Balaban J connectivity index is 2.16. The van der Waals surface area contributed by atoms with Crippen molar-refractivity contribution < 1.29 is 9.84 Å². The Morgan fingerprint density at radius 1 is 1.29 bits per heavy atom. The van der Waals surface area contributed by atoms with Crippen molar-refractivity contribution in [2.24, 2.45) is 0 Å². The molecule has 0 aromatic heterocycles. The number of thioether (sulfide) groups is 1. The fourth-order valence-electron chi connectivity index (χ4n) is 1.99. The third kappa shape index (κ3) is 4.01. The van der Waals surface area contributed by atoms with Crippen LogP contribution in [0.4, 0.5) is 0 Å². The van der Waals surface area contributed by atoms with Gasteiger partial charge in [0, 0.05) is 16.2 Å². The van der Waals surface area contributed by atoms with Gasteiger partial charge in [-0.1, -0.05) is 12.1 Å². The third-order valence-electron chi connectivity index (χ3n) is 3.14. The van der Waals surface area contributed by atoms with E-state index in [-0.39, 0.29) is 0 Å². The van der Waals surface area contributed by atoms with Gasteiger partial charge in [0.15, 0.2) is 0 Å². The van der Waals surface area contributed by atoms with Crippen molar-refractivity contribution in [1.82, 2.24) is 0 Å². The molecule has 1 unspecified atom stereocenters. The minimum absolute atomic E-state index is 0.470. The lowest BCUT2D eigenvalue weighted by molar-refractivity contribution is 0.199. The topological polar surface area (TPSA) is 53.2 Å². The summed E-state index contributed by atoms with van der Waals surface area (Å²) in [7, 11) is 1.63. The average molecular weight is 299 g/mol. The van der Waals surface area contributed by atoms with Crippen LogP contribution < -0.4 is 4.74 Å². The Kier molecular flexibility index (Phi) is 5.26. The highest BCUT2D eigenvalue weighted by Crippen LogP contribution is 2.30. The van der Waals surface area contributed by atoms with E-state index in [1.54, 1.807) is 31.9 Å². The molecule has 0 aliphatic heterocycles. The van der Waals surface area contributed by atoms with Gasteiger partial charge in [-0.2, -0.15) is 5.26 Å². The number of rotatable bonds is 5. The molecule has 0 saturated carbocycles. The zero-order valence-corrected chi connectivity index (χ0v) is 12.9. The predicted molar refractivity (Wildman–Crippen MR) is 84.3 cm³/mol. The Bertz CT molecular complexity index is 662. The minimum Gasteiger partial charge on any atom is -0.496 e. The molecule has 21 heavy (non-hydrogen) atoms. The summed E-state index contributed by atoms with van der Waals surface area (Å²) in [6.45, 7) is 1.75. The van der Waals surface area contributed by atoms with Gasteiger partial charge in [0.05, 0.1) is 24.8 Å². The largest absolute Gasteiger partial charge is 0.496 e. The van der Waals surface area contributed by atoms with Crippen molar-refractivity contribution in [2.45, 2.75) is 23.7 Å². The van der Waals surface area contributed by atoms with E-state index in [9.17, 15) is 5.11 Å². The number of benzene rings is 2. The van der Waals surface area contributed by atoms with E-state index < -0.39 is 6.10 Å². The van der Waals surface area contributed by atoms with Crippen LogP contribution in [0, 0.1) is 11.3 Å². The smallest absolute Gasteiger partial charge is 0.122 e. The molecule has 0 amide bonds. The molecule has 0 spiro atoms. The lowest BCUT2D eigenvalue weighted by Gasteiger charge is -2.10. The van der Waals surface area contributed by atoms with E-state index in [1.165, 1.54) is 0 Å². The van der Waals surface area contributed by atoms with Crippen LogP contribution in [0.25, 0.3) is 0 Å². The monoisotopic (exact) mass is 299 g/mol. The molecule has 0 aliphatic carbocycles. The molecule has 2 rings (SSSR count). The number of nitrogens with zero attached hydrogens (tertiary/aromatic N) is 1. The summed E-state index contributed by atoms with van der Waals surface area (Å²) in [5.74, 6) is 1.50. The highest BCUT2D eigenvalue weighted by Gasteiger charge is 2.07. The SMILES string of the molecule is COc1ccc(C#N)cc1CSc1cccc(C(C)O)c1. The average Bonchev–Trinajstić information content (AvgIpc) is 2.52. The summed E-state index contributed by atoms with van der Waals surface area (Å²) < 4.78 is 5.33. The minimum atomic E-state index is -0.470. The maximum absolute atomic E-state index is 9.62. The van der Waals surface area contributed by atoms with E-state index >= 15 is 0 Å². The molecule has 0 heterocycles. The number of nitriles is 1. The number of aliphatic hydroxyl groups excluding tert-OH is 1. The standard InChI is InChI=1S/C17H17NO2S/c1-12(19)14-4-3-5-16(9-14)21-11-15-8-13(10-18)6-7-17(15)20-2/h3-9,12,19H,11H2,1-2H3. The quantitative estimate of drug-likeness (QED) is 0.850.